The zero-order valence-electron chi connectivity index (χ0n) is 12.6. The molecule has 0 spiro atoms. The number of aliphatic hydroxyl groups is 1. The van der Waals surface area contributed by atoms with Gasteiger partial charge in [-0.05, 0) is 50.0 Å². The summed E-state index contributed by atoms with van der Waals surface area (Å²) < 4.78 is 0. The first-order chi connectivity index (χ1) is 10.3. The third-order valence-corrected chi connectivity index (χ3v) is 4.55. The smallest absolute Gasteiger partial charge is 0.104 e. The van der Waals surface area contributed by atoms with Crippen molar-refractivity contribution in [2.75, 3.05) is 32.8 Å². The molecule has 3 rings (SSSR count). The molecule has 2 fully saturated rings. The lowest BCUT2D eigenvalue weighted by atomic mass is 10.1. The Morgan fingerprint density at radius 3 is 2.86 bits per heavy atom. The molecule has 2 saturated heterocycles. The molecule has 0 amide bonds. The van der Waals surface area contributed by atoms with E-state index in [-0.39, 0.29) is 6.61 Å². The normalized spacial score (nSPS) is 23.2. The summed E-state index contributed by atoms with van der Waals surface area (Å²) in [6, 6.07) is 9.15. The third kappa shape index (κ3) is 3.85. The maximum absolute atomic E-state index is 8.77. The lowest BCUT2D eigenvalue weighted by Gasteiger charge is -2.23. The molecule has 1 N–H and O–H groups in total. The van der Waals surface area contributed by atoms with E-state index in [2.05, 4.69) is 39.8 Å². The molecular weight excluding hydrogens is 260 g/mol. The van der Waals surface area contributed by atoms with Crippen LogP contribution >= 0.6 is 0 Å². The fourth-order valence-electron chi connectivity index (χ4n) is 3.51. The van der Waals surface area contributed by atoms with Gasteiger partial charge < -0.3 is 5.11 Å². The van der Waals surface area contributed by atoms with Gasteiger partial charge in [-0.15, -0.1) is 0 Å². The summed E-state index contributed by atoms with van der Waals surface area (Å²) in [6.45, 7) is 5.93. The van der Waals surface area contributed by atoms with Crippen molar-refractivity contribution in [1.82, 2.24) is 9.80 Å². The van der Waals surface area contributed by atoms with Crippen molar-refractivity contribution in [3.05, 3.63) is 35.4 Å². The van der Waals surface area contributed by atoms with Gasteiger partial charge in [-0.25, -0.2) is 0 Å². The minimum absolute atomic E-state index is 0.0755. The van der Waals surface area contributed by atoms with Gasteiger partial charge in [0.15, 0.2) is 0 Å². The Kier molecular flexibility index (Phi) is 4.92. The number of hydrogen-bond acceptors (Lipinski definition) is 3. The molecule has 1 aromatic rings. The summed E-state index contributed by atoms with van der Waals surface area (Å²) >= 11 is 0. The van der Waals surface area contributed by atoms with Crippen molar-refractivity contribution in [3.63, 3.8) is 0 Å². The molecule has 0 radical (unpaired) electrons. The Morgan fingerprint density at radius 2 is 2.05 bits per heavy atom. The molecule has 0 aromatic heterocycles. The SMILES string of the molecule is OCC#Cc1cccc(CN2CCC(N3CCCC3)C2)c1. The topological polar surface area (TPSA) is 26.7 Å². The van der Waals surface area contributed by atoms with E-state index in [0.29, 0.717) is 0 Å². The Labute approximate surface area is 127 Å². The van der Waals surface area contributed by atoms with E-state index in [0.717, 1.165) is 18.2 Å². The predicted molar refractivity (Wildman–Crippen MR) is 84.9 cm³/mol. The first-order valence-electron chi connectivity index (χ1n) is 8.00. The number of rotatable bonds is 3. The Morgan fingerprint density at radius 1 is 1.19 bits per heavy atom. The number of likely N-dealkylation sites (tertiary alicyclic amines) is 2. The average molecular weight is 284 g/mol. The fraction of sp³-hybridized carbons (Fsp3) is 0.556. The van der Waals surface area contributed by atoms with Gasteiger partial charge in [0, 0.05) is 31.2 Å². The van der Waals surface area contributed by atoms with Crippen molar-refractivity contribution in [2.45, 2.75) is 31.8 Å². The van der Waals surface area contributed by atoms with Gasteiger partial charge >= 0.3 is 0 Å². The molecule has 1 aromatic carbocycles. The number of hydrogen-bond donors (Lipinski definition) is 1. The average Bonchev–Trinajstić information content (AvgIpc) is 3.16. The van der Waals surface area contributed by atoms with Crippen LogP contribution in [0.25, 0.3) is 0 Å². The van der Waals surface area contributed by atoms with E-state index < -0.39 is 0 Å². The van der Waals surface area contributed by atoms with E-state index in [1.165, 1.54) is 51.0 Å². The molecule has 112 valence electrons. The van der Waals surface area contributed by atoms with Crippen LogP contribution < -0.4 is 0 Å². The molecule has 0 bridgehead atoms. The molecule has 2 aliphatic rings. The summed E-state index contributed by atoms with van der Waals surface area (Å²) in [7, 11) is 0. The van der Waals surface area contributed by atoms with Crippen LogP contribution in [0, 0.1) is 11.8 Å². The molecule has 0 saturated carbocycles. The van der Waals surface area contributed by atoms with Crippen LogP contribution in [-0.2, 0) is 6.54 Å². The van der Waals surface area contributed by atoms with Crippen LogP contribution in [0.3, 0.4) is 0 Å². The van der Waals surface area contributed by atoms with Crippen molar-refractivity contribution in [1.29, 1.82) is 0 Å². The molecular formula is C18H24N2O. The Hall–Kier alpha value is -1.34. The van der Waals surface area contributed by atoms with E-state index in [9.17, 15) is 0 Å². The molecule has 1 atom stereocenters. The monoisotopic (exact) mass is 284 g/mol. The standard InChI is InChI=1S/C18H24N2O/c21-12-4-7-16-5-3-6-17(13-16)14-19-11-8-18(15-19)20-9-1-2-10-20/h3,5-6,13,18,21H,1-2,8-12,14-15H2. The molecule has 1 unspecified atom stereocenters. The minimum Gasteiger partial charge on any atom is -0.384 e. The lowest BCUT2D eigenvalue weighted by molar-refractivity contribution is 0.230. The molecule has 3 heteroatoms. The number of benzene rings is 1. The molecule has 2 aliphatic heterocycles. The first-order valence-corrected chi connectivity index (χ1v) is 8.00. The van der Waals surface area contributed by atoms with Gasteiger partial charge in [0.1, 0.15) is 6.61 Å². The summed E-state index contributed by atoms with van der Waals surface area (Å²) in [6.07, 6.45) is 4.06. The summed E-state index contributed by atoms with van der Waals surface area (Å²) in [4.78, 5) is 5.23. The first kappa shape index (κ1) is 14.6. The second-order valence-electron chi connectivity index (χ2n) is 6.08. The van der Waals surface area contributed by atoms with Crippen molar-refractivity contribution < 1.29 is 5.11 Å². The Balaban J connectivity index is 1.57. The highest BCUT2D eigenvalue weighted by molar-refractivity contribution is 5.37. The van der Waals surface area contributed by atoms with Crippen molar-refractivity contribution in [2.24, 2.45) is 0 Å². The van der Waals surface area contributed by atoms with E-state index in [4.69, 9.17) is 5.11 Å². The van der Waals surface area contributed by atoms with Crippen LogP contribution in [-0.4, -0.2) is 53.7 Å². The van der Waals surface area contributed by atoms with Crippen LogP contribution in [0.2, 0.25) is 0 Å². The maximum atomic E-state index is 8.77. The molecule has 0 aliphatic carbocycles. The summed E-state index contributed by atoms with van der Waals surface area (Å²) in [5.41, 5.74) is 2.32. The molecule has 3 nitrogen and oxygen atoms in total. The van der Waals surface area contributed by atoms with E-state index >= 15 is 0 Å². The number of aliphatic hydroxyl groups excluding tert-OH is 1. The van der Waals surface area contributed by atoms with Gasteiger partial charge in [-0.3, -0.25) is 9.80 Å². The van der Waals surface area contributed by atoms with Gasteiger partial charge in [-0.2, -0.15) is 0 Å². The van der Waals surface area contributed by atoms with Gasteiger partial charge in [0.25, 0.3) is 0 Å². The second-order valence-corrected chi connectivity index (χ2v) is 6.08. The van der Waals surface area contributed by atoms with Crippen LogP contribution in [0.4, 0.5) is 0 Å². The highest BCUT2D eigenvalue weighted by Crippen LogP contribution is 2.21. The maximum Gasteiger partial charge on any atom is 0.104 e. The van der Waals surface area contributed by atoms with Crippen LogP contribution in [0.1, 0.15) is 30.4 Å². The fourth-order valence-corrected chi connectivity index (χ4v) is 3.51. The lowest BCUT2D eigenvalue weighted by Crippen LogP contribution is -2.35. The molecule has 2 heterocycles. The van der Waals surface area contributed by atoms with Crippen molar-refractivity contribution in [3.8, 4) is 11.8 Å². The largest absolute Gasteiger partial charge is 0.384 e. The Bertz CT molecular complexity index is 526. The number of nitrogens with zero attached hydrogens (tertiary/aromatic N) is 2. The quantitative estimate of drug-likeness (QED) is 0.856. The predicted octanol–water partition coefficient (Wildman–Crippen LogP) is 1.70. The highest BCUT2D eigenvalue weighted by Gasteiger charge is 2.28. The zero-order valence-corrected chi connectivity index (χ0v) is 12.6. The summed E-state index contributed by atoms with van der Waals surface area (Å²) in [5, 5.41) is 8.77. The van der Waals surface area contributed by atoms with Crippen molar-refractivity contribution >= 4 is 0 Å². The second kappa shape index (κ2) is 7.09. The highest BCUT2D eigenvalue weighted by atomic mass is 16.2. The van der Waals surface area contributed by atoms with Crippen LogP contribution in [0.5, 0.6) is 0 Å². The van der Waals surface area contributed by atoms with Gasteiger partial charge in [0.05, 0.1) is 0 Å². The van der Waals surface area contributed by atoms with E-state index in [1.807, 2.05) is 6.07 Å². The van der Waals surface area contributed by atoms with E-state index in [1.54, 1.807) is 0 Å². The van der Waals surface area contributed by atoms with Crippen LogP contribution in [0.15, 0.2) is 24.3 Å². The van der Waals surface area contributed by atoms with Gasteiger partial charge in [0.2, 0.25) is 0 Å². The summed E-state index contributed by atoms with van der Waals surface area (Å²) in [5.74, 6) is 5.70. The minimum atomic E-state index is -0.0755. The zero-order chi connectivity index (χ0) is 14.5. The third-order valence-electron chi connectivity index (χ3n) is 4.55. The van der Waals surface area contributed by atoms with Gasteiger partial charge in [-0.1, -0.05) is 24.0 Å². The molecule has 21 heavy (non-hydrogen) atoms.